The van der Waals surface area contributed by atoms with Gasteiger partial charge in [0.2, 0.25) is 0 Å². The molecule has 2 amide bonds. The van der Waals surface area contributed by atoms with Gasteiger partial charge in [0.15, 0.2) is 0 Å². The van der Waals surface area contributed by atoms with Crippen molar-refractivity contribution in [3.8, 4) is 0 Å². The highest BCUT2D eigenvalue weighted by Gasteiger charge is 2.11. The normalized spacial score (nSPS) is 11.8. The molecule has 0 radical (unpaired) electrons. The third-order valence-corrected chi connectivity index (χ3v) is 4.08. The van der Waals surface area contributed by atoms with Gasteiger partial charge >= 0.3 is 12.0 Å². The van der Waals surface area contributed by atoms with Crippen LogP contribution in [0.25, 0.3) is 0 Å². The number of carbonyl (C=O) groups is 2. The number of carboxylic acids is 1. The van der Waals surface area contributed by atoms with Crippen molar-refractivity contribution in [3.63, 3.8) is 0 Å². The van der Waals surface area contributed by atoms with Crippen LogP contribution in [-0.4, -0.2) is 23.7 Å². The van der Waals surface area contributed by atoms with Gasteiger partial charge in [-0.15, -0.1) is 0 Å². The number of hydrogen-bond donors (Lipinski definition) is 3. The van der Waals surface area contributed by atoms with Crippen LogP contribution >= 0.6 is 27.5 Å². The highest BCUT2D eigenvalue weighted by atomic mass is 79.9. The Labute approximate surface area is 137 Å². The Morgan fingerprint density at radius 2 is 2.10 bits per heavy atom. The van der Waals surface area contributed by atoms with E-state index in [-0.39, 0.29) is 6.03 Å². The molecule has 1 atom stereocenters. The predicted octanol–water partition coefficient (Wildman–Crippen LogP) is 4.03. The summed E-state index contributed by atoms with van der Waals surface area (Å²) >= 11 is 9.37. The molecule has 0 saturated heterocycles. The molecule has 0 spiro atoms. The number of benzene rings is 1. The first-order valence-corrected chi connectivity index (χ1v) is 7.71. The Morgan fingerprint density at radius 3 is 2.71 bits per heavy atom. The molecule has 21 heavy (non-hydrogen) atoms. The van der Waals surface area contributed by atoms with Gasteiger partial charge in [-0.25, -0.2) is 4.79 Å². The Bertz CT molecular complexity index is 537. The molecule has 3 N–H and O–H groups in total. The minimum atomic E-state index is -0.822. The minimum Gasteiger partial charge on any atom is -0.481 e. The Balaban J connectivity index is 2.41. The van der Waals surface area contributed by atoms with E-state index in [2.05, 4.69) is 26.6 Å². The number of anilines is 1. The molecule has 0 aliphatic carbocycles. The van der Waals surface area contributed by atoms with Crippen molar-refractivity contribution in [2.24, 2.45) is 5.92 Å². The summed E-state index contributed by atoms with van der Waals surface area (Å²) in [7, 11) is 0. The lowest BCUT2D eigenvalue weighted by Crippen LogP contribution is -2.30. The van der Waals surface area contributed by atoms with Gasteiger partial charge in [-0.05, 0) is 53.4 Å². The second-order valence-corrected chi connectivity index (χ2v) is 6.11. The number of aliphatic carboxylic acids is 1. The van der Waals surface area contributed by atoms with Crippen molar-refractivity contribution in [2.45, 2.75) is 26.7 Å². The fourth-order valence-corrected chi connectivity index (χ4v) is 2.36. The van der Waals surface area contributed by atoms with E-state index in [0.29, 0.717) is 30.1 Å². The van der Waals surface area contributed by atoms with Gasteiger partial charge in [0.25, 0.3) is 0 Å². The van der Waals surface area contributed by atoms with Crippen molar-refractivity contribution < 1.29 is 14.7 Å². The summed E-state index contributed by atoms with van der Waals surface area (Å²) in [6.07, 6.45) is 1.13. The van der Waals surface area contributed by atoms with Crippen LogP contribution in [0.3, 0.4) is 0 Å². The number of carbonyl (C=O) groups excluding carboxylic acids is 1. The maximum absolute atomic E-state index is 11.7. The van der Waals surface area contributed by atoms with E-state index in [4.69, 9.17) is 16.7 Å². The molecule has 1 aromatic carbocycles. The maximum atomic E-state index is 11.7. The number of rotatable bonds is 6. The number of aryl methyl sites for hydroxylation is 1. The van der Waals surface area contributed by atoms with E-state index in [1.807, 2.05) is 13.0 Å². The number of amides is 2. The Kier molecular flexibility index (Phi) is 6.98. The second kappa shape index (κ2) is 8.24. The summed E-state index contributed by atoms with van der Waals surface area (Å²) in [5.74, 6) is -1.22. The molecule has 7 heteroatoms. The van der Waals surface area contributed by atoms with Crippen molar-refractivity contribution in [1.82, 2.24) is 5.32 Å². The molecule has 0 saturated carbocycles. The van der Waals surface area contributed by atoms with Crippen LogP contribution in [0, 0.1) is 12.8 Å². The van der Waals surface area contributed by atoms with Crippen LogP contribution in [0.1, 0.15) is 25.3 Å². The molecule has 0 aromatic heterocycles. The zero-order chi connectivity index (χ0) is 16.0. The van der Waals surface area contributed by atoms with E-state index in [1.54, 1.807) is 13.0 Å². The van der Waals surface area contributed by atoms with Crippen molar-refractivity contribution in [3.05, 3.63) is 27.2 Å². The quantitative estimate of drug-likeness (QED) is 0.655. The number of hydrogen-bond acceptors (Lipinski definition) is 2. The van der Waals surface area contributed by atoms with E-state index in [1.165, 1.54) is 0 Å². The topological polar surface area (TPSA) is 78.4 Å². The van der Waals surface area contributed by atoms with Crippen LogP contribution in [0.5, 0.6) is 0 Å². The fraction of sp³-hybridized carbons (Fsp3) is 0.429. The molecule has 5 nitrogen and oxygen atoms in total. The first-order valence-electron chi connectivity index (χ1n) is 6.54. The second-order valence-electron chi connectivity index (χ2n) is 4.84. The lowest BCUT2D eigenvalue weighted by Gasteiger charge is -2.11. The third kappa shape index (κ3) is 5.93. The van der Waals surface area contributed by atoms with E-state index in [0.717, 1.165) is 10.0 Å². The number of urea groups is 1. The average Bonchev–Trinajstić information content (AvgIpc) is 2.40. The van der Waals surface area contributed by atoms with Crippen molar-refractivity contribution in [1.29, 1.82) is 0 Å². The summed E-state index contributed by atoms with van der Waals surface area (Å²) in [4.78, 5) is 22.4. The van der Waals surface area contributed by atoms with Crippen LogP contribution in [0.2, 0.25) is 5.02 Å². The average molecular weight is 378 g/mol. The monoisotopic (exact) mass is 376 g/mol. The highest BCUT2D eigenvalue weighted by molar-refractivity contribution is 9.10. The Morgan fingerprint density at radius 1 is 1.43 bits per heavy atom. The predicted molar refractivity (Wildman–Crippen MR) is 86.9 cm³/mol. The SMILES string of the molecule is Cc1cc(Br)c(NC(=O)NCCCC(C)C(=O)O)cc1Cl. The summed E-state index contributed by atoms with van der Waals surface area (Å²) in [6.45, 7) is 3.94. The molecule has 1 rings (SSSR count). The summed E-state index contributed by atoms with van der Waals surface area (Å²) in [5, 5.41) is 14.7. The van der Waals surface area contributed by atoms with Gasteiger partial charge in [-0.3, -0.25) is 4.79 Å². The zero-order valence-electron chi connectivity index (χ0n) is 11.9. The van der Waals surface area contributed by atoms with Crippen molar-refractivity contribution >= 4 is 45.2 Å². The number of carboxylic acid groups (broad SMARTS) is 1. The summed E-state index contributed by atoms with van der Waals surface area (Å²) in [6, 6.07) is 3.15. The smallest absolute Gasteiger partial charge is 0.319 e. The molecular formula is C14H18BrClN2O3. The first-order chi connectivity index (χ1) is 9.81. The molecule has 0 bridgehead atoms. The molecule has 0 heterocycles. The van der Waals surface area contributed by atoms with Crippen LogP contribution in [0.15, 0.2) is 16.6 Å². The van der Waals surface area contributed by atoms with E-state index < -0.39 is 11.9 Å². The largest absolute Gasteiger partial charge is 0.481 e. The zero-order valence-corrected chi connectivity index (χ0v) is 14.2. The molecule has 0 aliphatic heterocycles. The van der Waals surface area contributed by atoms with Crippen LogP contribution < -0.4 is 10.6 Å². The van der Waals surface area contributed by atoms with Gasteiger partial charge in [0, 0.05) is 16.0 Å². The van der Waals surface area contributed by atoms with Gasteiger partial charge in [0.05, 0.1) is 11.6 Å². The molecular weight excluding hydrogens is 360 g/mol. The minimum absolute atomic E-state index is 0.349. The van der Waals surface area contributed by atoms with Crippen LogP contribution in [0.4, 0.5) is 10.5 Å². The molecule has 0 fully saturated rings. The maximum Gasteiger partial charge on any atom is 0.319 e. The van der Waals surface area contributed by atoms with Gasteiger partial charge < -0.3 is 15.7 Å². The number of nitrogens with one attached hydrogen (secondary N) is 2. The van der Waals surface area contributed by atoms with Gasteiger partial charge in [-0.1, -0.05) is 18.5 Å². The standard InChI is InChI=1S/C14H18BrClN2O3/c1-8(13(19)20)4-3-5-17-14(21)18-12-7-11(16)9(2)6-10(12)15/h6-8H,3-5H2,1-2H3,(H,19,20)(H2,17,18,21). The first kappa shape index (κ1) is 17.8. The Hall–Kier alpha value is -1.27. The lowest BCUT2D eigenvalue weighted by atomic mass is 10.1. The van der Waals surface area contributed by atoms with Crippen LogP contribution in [-0.2, 0) is 4.79 Å². The van der Waals surface area contributed by atoms with Gasteiger partial charge in [-0.2, -0.15) is 0 Å². The lowest BCUT2D eigenvalue weighted by molar-refractivity contribution is -0.141. The highest BCUT2D eigenvalue weighted by Crippen LogP contribution is 2.29. The van der Waals surface area contributed by atoms with E-state index >= 15 is 0 Å². The van der Waals surface area contributed by atoms with Crippen molar-refractivity contribution in [2.75, 3.05) is 11.9 Å². The fourth-order valence-electron chi connectivity index (χ4n) is 1.64. The third-order valence-electron chi connectivity index (χ3n) is 3.02. The number of halogens is 2. The molecule has 0 aliphatic rings. The summed E-state index contributed by atoms with van der Waals surface area (Å²) < 4.78 is 0.749. The summed E-state index contributed by atoms with van der Waals surface area (Å²) in [5.41, 5.74) is 1.50. The molecule has 1 unspecified atom stereocenters. The van der Waals surface area contributed by atoms with E-state index in [9.17, 15) is 9.59 Å². The molecule has 116 valence electrons. The van der Waals surface area contributed by atoms with Gasteiger partial charge in [0.1, 0.15) is 0 Å². The molecule has 1 aromatic rings.